The minimum absolute atomic E-state index is 0.182. The predicted molar refractivity (Wildman–Crippen MR) is 120 cm³/mol. The molecule has 2 aromatic rings. The number of aryl methyl sites for hydroxylation is 1. The van der Waals surface area contributed by atoms with Crippen LogP contribution in [0.2, 0.25) is 0 Å². The van der Waals surface area contributed by atoms with Gasteiger partial charge in [0.25, 0.3) is 0 Å². The van der Waals surface area contributed by atoms with E-state index < -0.39 is 0 Å². The molecule has 0 spiro atoms. The number of benzene rings is 1. The van der Waals surface area contributed by atoms with Gasteiger partial charge in [0.2, 0.25) is 11.8 Å². The first-order valence-corrected chi connectivity index (χ1v) is 11.8. The molecule has 7 nitrogen and oxygen atoms in total. The van der Waals surface area contributed by atoms with Gasteiger partial charge in [0.15, 0.2) is 0 Å². The lowest BCUT2D eigenvalue weighted by Crippen LogP contribution is -2.40. The van der Waals surface area contributed by atoms with Crippen LogP contribution in [0.1, 0.15) is 61.6 Å². The van der Waals surface area contributed by atoms with E-state index in [0.717, 1.165) is 22.5 Å². The number of hydrogen-bond acceptors (Lipinski definition) is 5. The van der Waals surface area contributed by atoms with Crippen LogP contribution in [0.25, 0.3) is 10.9 Å². The van der Waals surface area contributed by atoms with Crippen LogP contribution in [0.15, 0.2) is 18.2 Å². The molecule has 4 heterocycles. The lowest BCUT2D eigenvalue weighted by molar-refractivity contribution is -0.134. The van der Waals surface area contributed by atoms with Gasteiger partial charge < -0.3 is 10.2 Å². The fourth-order valence-electron chi connectivity index (χ4n) is 5.65. The minimum Gasteiger partial charge on any atom is -0.317 e. The van der Waals surface area contributed by atoms with Crippen LogP contribution >= 0.6 is 0 Å². The van der Waals surface area contributed by atoms with Gasteiger partial charge in [0.05, 0.1) is 17.1 Å². The third-order valence-corrected chi connectivity index (χ3v) is 7.51. The van der Waals surface area contributed by atoms with Gasteiger partial charge in [-0.25, -0.2) is 0 Å². The Labute approximate surface area is 183 Å². The number of nitrogens with zero attached hydrogens (tertiary/aromatic N) is 3. The largest absolute Gasteiger partial charge is 0.317 e. The highest BCUT2D eigenvalue weighted by Gasteiger charge is 2.32. The summed E-state index contributed by atoms with van der Waals surface area (Å²) in [6, 6.07) is 6.65. The Morgan fingerprint density at radius 3 is 2.58 bits per heavy atom. The van der Waals surface area contributed by atoms with Crippen LogP contribution in [0, 0.1) is 5.92 Å². The fraction of sp³-hybridized carbons (Fsp3) is 0.625. The van der Waals surface area contributed by atoms with Crippen molar-refractivity contribution in [2.45, 2.75) is 50.4 Å². The second-order valence-corrected chi connectivity index (χ2v) is 9.56. The van der Waals surface area contributed by atoms with Crippen molar-refractivity contribution in [3.8, 4) is 0 Å². The molecule has 31 heavy (non-hydrogen) atoms. The Kier molecular flexibility index (Phi) is 5.80. The van der Waals surface area contributed by atoms with Crippen molar-refractivity contribution in [3.63, 3.8) is 0 Å². The molecule has 0 bridgehead atoms. The molecule has 7 heteroatoms. The molecule has 1 unspecified atom stereocenters. The number of rotatable bonds is 4. The summed E-state index contributed by atoms with van der Waals surface area (Å²) >= 11 is 0. The van der Waals surface area contributed by atoms with Crippen molar-refractivity contribution in [1.29, 1.82) is 0 Å². The number of piperidine rings is 3. The molecule has 0 radical (unpaired) electrons. The first-order valence-electron chi connectivity index (χ1n) is 11.8. The molecule has 1 atom stereocenters. The van der Waals surface area contributed by atoms with Crippen molar-refractivity contribution in [1.82, 2.24) is 25.3 Å². The second kappa shape index (κ2) is 8.71. The molecule has 3 saturated heterocycles. The Morgan fingerprint density at radius 2 is 1.84 bits per heavy atom. The van der Waals surface area contributed by atoms with E-state index >= 15 is 0 Å². The Bertz CT molecular complexity index is 970. The van der Waals surface area contributed by atoms with E-state index in [2.05, 4.69) is 38.8 Å². The van der Waals surface area contributed by atoms with Crippen molar-refractivity contribution in [2.24, 2.45) is 13.0 Å². The number of hydrogen-bond donors (Lipinski definition) is 2. The first-order chi connectivity index (χ1) is 15.1. The summed E-state index contributed by atoms with van der Waals surface area (Å²) in [5, 5.41) is 11.7. The molecule has 0 aliphatic carbocycles. The third kappa shape index (κ3) is 4.26. The molecule has 2 amide bonds. The quantitative estimate of drug-likeness (QED) is 0.738. The van der Waals surface area contributed by atoms with Gasteiger partial charge >= 0.3 is 0 Å². The van der Waals surface area contributed by atoms with E-state index in [-0.39, 0.29) is 17.7 Å². The number of carbonyl (C=O) groups excluding carboxylic acids is 2. The van der Waals surface area contributed by atoms with Crippen LogP contribution in [0.3, 0.4) is 0 Å². The molecule has 3 fully saturated rings. The van der Waals surface area contributed by atoms with Gasteiger partial charge in [-0.2, -0.15) is 5.10 Å². The third-order valence-electron chi connectivity index (χ3n) is 7.51. The van der Waals surface area contributed by atoms with Crippen LogP contribution < -0.4 is 10.6 Å². The fourth-order valence-corrected chi connectivity index (χ4v) is 5.65. The first kappa shape index (κ1) is 20.6. The molecule has 2 N–H and O–H groups in total. The summed E-state index contributed by atoms with van der Waals surface area (Å²) in [4.78, 5) is 26.7. The maximum atomic E-state index is 12.5. The summed E-state index contributed by atoms with van der Waals surface area (Å²) in [5.41, 5.74) is 3.22. The SMILES string of the molecule is Cn1nc(C2CCC(=O)NC2=O)c2cc(C3CCN(CC4CCNCC4)CC3)ccc21. The van der Waals surface area contributed by atoms with Crippen LogP contribution in [0.5, 0.6) is 0 Å². The van der Waals surface area contributed by atoms with Crippen molar-refractivity contribution >= 4 is 22.7 Å². The van der Waals surface area contributed by atoms with Crippen molar-refractivity contribution < 1.29 is 9.59 Å². The maximum Gasteiger partial charge on any atom is 0.235 e. The lowest BCUT2D eigenvalue weighted by Gasteiger charge is -2.35. The number of likely N-dealkylation sites (tertiary alicyclic amines) is 1. The minimum atomic E-state index is -0.344. The van der Waals surface area contributed by atoms with Crippen LogP contribution in [-0.2, 0) is 16.6 Å². The van der Waals surface area contributed by atoms with E-state index in [0.29, 0.717) is 18.8 Å². The zero-order chi connectivity index (χ0) is 21.4. The Morgan fingerprint density at radius 1 is 1.06 bits per heavy atom. The number of imide groups is 1. The number of nitrogens with one attached hydrogen (secondary N) is 2. The van der Waals surface area contributed by atoms with Crippen molar-refractivity contribution in [3.05, 3.63) is 29.5 Å². The molecular formula is C24H33N5O2. The molecule has 1 aromatic carbocycles. The Balaban J connectivity index is 1.31. The highest BCUT2D eigenvalue weighted by atomic mass is 16.2. The average Bonchev–Trinajstić information content (AvgIpc) is 3.11. The van der Waals surface area contributed by atoms with E-state index in [1.807, 2.05) is 11.7 Å². The molecule has 3 aliphatic heterocycles. The van der Waals surface area contributed by atoms with E-state index in [9.17, 15) is 9.59 Å². The van der Waals surface area contributed by atoms with E-state index in [4.69, 9.17) is 0 Å². The predicted octanol–water partition coefficient (Wildman–Crippen LogP) is 2.27. The summed E-state index contributed by atoms with van der Waals surface area (Å²) in [5.74, 6) is 0.666. The smallest absolute Gasteiger partial charge is 0.235 e. The van der Waals surface area contributed by atoms with Gasteiger partial charge in [0.1, 0.15) is 0 Å². The standard InChI is InChI=1S/C24H33N5O2/c1-28-21-4-2-18(14-20(21)23(27-28)19-3-5-22(30)26-24(19)31)17-8-12-29(13-9-17)15-16-6-10-25-11-7-16/h2,4,14,16-17,19,25H,3,5-13,15H2,1H3,(H,26,30,31). The monoisotopic (exact) mass is 423 g/mol. The molecule has 0 saturated carbocycles. The maximum absolute atomic E-state index is 12.5. The normalized spacial score (nSPS) is 24.6. The summed E-state index contributed by atoms with van der Waals surface area (Å²) in [7, 11) is 1.93. The van der Waals surface area contributed by atoms with Gasteiger partial charge in [-0.15, -0.1) is 0 Å². The zero-order valence-electron chi connectivity index (χ0n) is 18.4. The number of amides is 2. The molecule has 1 aromatic heterocycles. The van der Waals surface area contributed by atoms with Gasteiger partial charge in [-0.05, 0) is 87.8 Å². The van der Waals surface area contributed by atoms with E-state index in [1.165, 1.54) is 64.0 Å². The summed E-state index contributed by atoms with van der Waals surface area (Å²) < 4.78 is 1.86. The molecule has 5 rings (SSSR count). The van der Waals surface area contributed by atoms with Gasteiger partial charge in [-0.3, -0.25) is 19.6 Å². The summed E-state index contributed by atoms with van der Waals surface area (Å²) in [6.07, 6.45) is 5.90. The molecular weight excluding hydrogens is 390 g/mol. The van der Waals surface area contributed by atoms with Crippen LogP contribution in [-0.4, -0.2) is 59.2 Å². The number of aromatic nitrogens is 2. The Hall–Kier alpha value is -2.25. The van der Waals surface area contributed by atoms with Gasteiger partial charge in [0, 0.05) is 25.4 Å². The highest BCUT2D eigenvalue weighted by Crippen LogP contribution is 2.35. The summed E-state index contributed by atoms with van der Waals surface area (Å²) in [6.45, 7) is 5.92. The van der Waals surface area contributed by atoms with E-state index in [1.54, 1.807) is 0 Å². The lowest BCUT2D eigenvalue weighted by atomic mass is 9.86. The number of carbonyl (C=O) groups is 2. The highest BCUT2D eigenvalue weighted by molar-refractivity contribution is 6.02. The van der Waals surface area contributed by atoms with Crippen molar-refractivity contribution in [2.75, 3.05) is 32.7 Å². The average molecular weight is 424 g/mol. The second-order valence-electron chi connectivity index (χ2n) is 9.56. The molecule has 166 valence electrons. The molecule has 3 aliphatic rings. The van der Waals surface area contributed by atoms with Gasteiger partial charge in [-0.1, -0.05) is 6.07 Å². The topological polar surface area (TPSA) is 79.3 Å². The zero-order valence-corrected chi connectivity index (χ0v) is 18.4. The van der Waals surface area contributed by atoms with Crippen LogP contribution in [0.4, 0.5) is 0 Å². The number of fused-ring (bicyclic) bond motifs is 1.